The molecular weight excluding hydrogens is 655 g/mol. The van der Waals surface area contributed by atoms with Crippen LogP contribution in [0.25, 0.3) is 0 Å². The van der Waals surface area contributed by atoms with Gasteiger partial charge in [-0.15, -0.1) is 11.8 Å². The summed E-state index contributed by atoms with van der Waals surface area (Å²) in [4.78, 5) is 38.0. The van der Waals surface area contributed by atoms with E-state index in [9.17, 15) is 28.1 Å². The number of amides is 2. The topological polar surface area (TPSA) is 171 Å². The van der Waals surface area contributed by atoms with Gasteiger partial charge in [0.05, 0.1) is 9.82 Å². The Labute approximate surface area is 285 Å². The first-order chi connectivity index (χ1) is 22.9. The molecule has 1 saturated heterocycles. The molecule has 1 aliphatic heterocycles. The number of carbonyl (C=O) groups excluding carboxylic acids is 1. The Kier molecular flexibility index (Phi) is 12.7. The van der Waals surface area contributed by atoms with Gasteiger partial charge in [-0.1, -0.05) is 38.5 Å². The van der Waals surface area contributed by atoms with Crippen molar-refractivity contribution in [1.82, 2.24) is 10.0 Å². The SMILES string of the molecule is CCC1(C)CCN(c2ccc(C(=O)NS(=O)(=O)c3ccc(N[C@H](CCCCNC(=O)O)CSc4ccccc4)c([N+](=O)[O-])c3)cc2)CC1. The smallest absolute Gasteiger partial charge is 0.404 e. The molecule has 0 saturated carbocycles. The summed E-state index contributed by atoms with van der Waals surface area (Å²) in [6.45, 7) is 6.61. The summed E-state index contributed by atoms with van der Waals surface area (Å²) in [7, 11) is -4.43. The van der Waals surface area contributed by atoms with Crippen LogP contribution in [0.2, 0.25) is 0 Å². The number of hydrogen-bond acceptors (Lipinski definition) is 9. The second-order valence-corrected chi connectivity index (χ2v) is 15.0. The number of hydrogen-bond donors (Lipinski definition) is 4. The normalized spacial score (nSPS) is 14.9. The average Bonchev–Trinajstić information content (AvgIpc) is 3.07. The van der Waals surface area contributed by atoms with E-state index in [-0.39, 0.29) is 23.8 Å². The molecule has 0 radical (unpaired) electrons. The van der Waals surface area contributed by atoms with E-state index in [1.54, 1.807) is 36.0 Å². The van der Waals surface area contributed by atoms with Crippen molar-refractivity contribution in [2.24, 2.45) is 5.41 Å². The van der Waals surface area contributed by atoms with Crippen molar-refractivity contribution in [1.29, 1.82) is 0 Å². The number of benzene rings is 3. The molecule has 1 fully saturated rings. The van der Waals surface area contributed by atoms with Gasteiger partial charge in [0.25, 0.3) is 21.6 Å². The third-order valence-corrected chi connectivity index (χ3v) is 11.3. The molecule has 12 nitrogen and oxygen atoms in total. The zero-order valence-corrected chi connectivity index (χ0v) is 28.8. The molecule has 14 heteroatoms. The van der Waals surface area contributed by atoms with Crippen LogP contribution in [0.4, 0.5) is 21.9 Å². The molecule has 3 aromatic rings. The quantitative estimate of drug-likeness (QED) is 0.0544. The second kappa shape index (κ2) is 16.7. The lowest BCUT2D eigenvalue weighted by Gasteiger charge is -2.40. The summed E-state index contributed by atoms with van der Waals surface area (Å²) >= 11 is 1.56. The lowest BCUT2D eigenvalue weighted by Crippen LogP contribution is -2.38. The minimum Gasteiger partial charge on any atom is -0.465 e. The standard InChI is InChI=1S/C34H43N5O7S2/c1-3-34(2)18-21-38(22-19-34)27-14-12-25(13-15-27)32(40)37-48(45,46)29-16-17-30(31(23-29)39(43)44)36-26(9-7-8-20-35-33(41)42)24-47-28-10-5-4-6-11-28/h4-6,10-17,23,26,35-36H,3,7-9,18-22,24H2,1-2H3,(H,37,40)(H,41,42)/t26-/m1/s1. The predicted molar refractivity (Wildman–Crippen MR) is 188 cm³/mol. The number of piperidine rings is 1. The fourth-order valence-electron chi connectivity index (χ4n) is 5.52. The van der Waals surface area contributed by atoms with E-state index in [1.807, 2.05) is 35.1 Å². The molecule has 1 heterocycles. The number of sulfonamides is 1. The van der Waals surface area contributed by atoms with Gasteiger partial charge in [0, 0.05) is 53.6 Å². The van der Waals surface area contributed by atoms with Gasteiger partial charge in [-0.2, -0.15) is 0 Å². The van der Waals surface area contributed by atoms with E-state index in [4.69, 9.17) is 5.11 Å². The van der Waals surface area contributed by atoms with Crippen LogP contribution in [-0.4, -0.2) is 61.9 Å². The van der Waals surface area contributed by atoms with Crippen molar-refractivity contribution < 1.29 is 28.0 Å². The second-order valence-electron chi connectivity index (χ2n) is 12.3. The predicted octanol–water partition coefficient (Wildman–Crippen LogP) is 6.74. The Bertz CT molecular complexity index is 1660. The van der Waals surface area contributed by atoms with Crippen LogP contribution in [0.15, 0.2) is 82.6 Å². The molecule has 3 aromatic carbocycles. The Morgan fingerprint density at radius 1 is 1.04 bits per heavy atom. The Morgan fingerprint density at radius 2 is 1.73 bits per heavy atom. The van der Waals surface area contributed by atoms with E-state index >= 15 is 0 Å². The fraction of sp³-hybridized carbons (Fsp3) is 0.412. The number of nitrogens with zero attached hydrogens (tertiary/aromatic N) is 2. The zero-order valence-electron chi connectivity index (χ0n) is 27.2. The molecule has 2 amide bonds. The first-order valence-electron chi connectivity index (χ1n) is 16.0. The van der Waals surface area contributed by atoms with Gasteiger partial charge in [0.15, 0.2) is 0 Å². The zero-order chi connectivity index (χ0) is 34.7. The van der Waals surface area contributed by atoms with E-state index < -0.39 is 37.5 Å². The third kappa shape index (κ3) is 10.3. The highest BCUT2D eigenvalue weighted by Gasteiger charge is 2.29. The maximum absolute atomic E-state index is 13.2. The van der Waals surface area contributed by atoms with Gasteiger partial charge < -0.3 is 20.6 Å². The highest BCUT2D eigenvalue weighted by atomic mass is 32.2. The fourth-order valence-corrected chi connectivity index (χ4v) is 7.50. The van der Waals surface area contributed by atoms with E-state index in [0.29, 0.717) is 30.4 Å². The molecular formula is C34H43N5O7S2. The van der Waals surface area contributed by atoms with Crippen LogP contribution >= 0.6 is 11.8 Å². The lowest BCUT2D eigenvalue weighted by atomic mass is 9.78. The van der Waals surface area contributed by atoms with Crippen molar-refractivity contribution in [3.8, 4) is 0 Å². The molecule has 1 aliphatic rings. The summed E-state index contributed by atoms with van der Waals surface area (Å²) < 4.78 is 28.5. The Hall–Kier alpha value is -4.30. The molecule has 0 unspecified atom stereocenters. The summed E-state index contributed by atoms with van der Waals surface area (Å²) in [6, 6.07) is 19.7. The summed E-state index contributed by atoms with van der Waals surface area (Å²) in [6.07, 6.45) is 3.99. The van der Waals surface area contributed by atoms with Crippen molar-refractivity contribution in [3.63, 3.8) is 0 Å². The summed E-state index contributed by atoms with van der Waals surface area (Å²) in [5.74, 6) is -0.280. The molecule has 4 rings (SSSR count). The van der Waals surface area contributed by atoms with Crippen molar-refractivity contribution >= 4 is 50.8 Å². The maximum atomic E-state index is 13.2. The minimum absolute atomic E-state index is 0.139. The highest BCUT2D eigenvalue weighted by Crippen LogP contribution is 2.36. The molecule has 0 bridgehead atoms. The van der Waals surface area contributed by atoms with Gasteiger partial charge in [0.1, 0.15) is 5.69 Å². The van der Waals surface area contributed by atoms with Gasteiger partial charge in [-0.25, -0.2) is 17.9 Å². The van der Waals surface area contributed by atoms with Crippen molar-refractivity contribution in [3.05, 3.63) is 88.5 Å². The van der Waals surface area contributed by atoms with Gasteiger partial charge >= 0.3 is 6.09 Å². The van der Waals surface area contributed by atoms with E-state index in [1.165, 1.54) is 12.1 Å². The van der Waals surface area contributed by atoms with Crippen LogP contribution < -0.4 is 20.3 Å². The Balaban J connectivity index is 1.44. The number of anilines is 2. The van der Waals surface area contributed by atoms with Crippen LogP contribution in [0.3, 0.4) is 0 Å². The minimum atomic E-state index is -4.43. The molecule has 0 aliphatic carbocycles. The summed E-state index contributed by atoms with van der Waals surface area (Å²) in [5, 5.41) is 26.4. The number of nitro groups is 1. The number of carboxylic acid groups (broad SMARTS) is 1. The number of rotatable bonds is 16. The van der Waals surface area contributed by atoms with Gasteiger partial charge in [-0.05, 0) is 86.1 Å². The number of thioether (sulfide) groups is 1. The van der Waals surface area contributed by atoms with Crippen LogP contribution in [0.1, 0.15) is 62.7 Å². The lowest BCUT2D eigenvalue weighted by molar-refractivity contribution is -0.384. The molecule has 48 heavy (non-hydrogen) atoms. The molecule has 258 valence electrons. The van der Waals surface area contributed by atoms with E-state index in [2.05, 4.69) is 29.4 Å². The van der Waals surface area contributed by atoms with Crippen molar-refractivity contribution in [2.45, 2.75) is 68.2 Å². The molecule has 1 atom stereocenters. The molecule has 0 aromatic heterocycles. The van der Waals surface area contributed by atoms with Gasteiger partial charge in [0.2, 0.25) is 0 Å². The third-order valence-electron chi connectivity index (χ3n) is 8.83. The van der Waals surface area contributed by atoms with Crippen LogP contribution in [-0.2, 0) is 10.0 Å². The molecule has 0 spiro atoms. The first kappa shape index (κ1) is 36.5. The van der Waals surface area contributed by atoms with Crippen LogP contribution in [0.5, 0.6) is 0 Å². The largest absolute Gasteiger partial charge is 0.465 e. The Morgan fingerprint density at radius 3 is 2.35 bits per heavy atom. The maximum Gasteiger partial charge on any atom is 0.404 e. The number of carbonyl (C=O) groups is 2. The highest BCUT2D eigenvalue weighted by molar-refractivity contribution is 7.99. The first-order valence-corrected chi connectivity index (χ1v) is 18.5. The monoisotopic (exact) mass is 697 g/mol. The number of nitro benzene ring substituents is 1. The number of nitrogens with one attached hydrogen (secondary N) is 3. The van der Waals surface area contributed by atoms with Crippen LogP contribution in [0, 0.1) is 15.5 Å². The average molecular weight is 698 g/mol. The van der Waals surface area contributed by atoms with Gasteiger partial charge in [-0.3, -0.25) is 14.9 Å². The summed E-state index contributed by atoms with van der Waals surface area (Å²) in [5.41, 5.74) is 1.14. The van der Waals surface area contributed by atoms with Crippen molar-refractivity contribution in [2.75, 3.05) is 35.6 Å². The van der Waals surface area contributed by atoms with E-state index in [0.717, 1.165) is 49.0 Å². The number of unbranched alkanes of at least 4 members (excludes halogenated alkanes) is 1. The molecule has 4 N–H and O–H groups in total.